The van der Waals surface area contributed by atoms with Crippen LogP contribution in [0.5, 0.6) is 0 Å². The first-order valence-electron chi connectivity index (χ1n) is 5.40. The van der Waals surface area contributed by atoms with Gasteiger partial charge in [-0.25, -0.2) is 4.99 Å². The SMILES string of the molecule is Cc1ccc(N=C2C(C)C=CN2S)c(C)c1. The second-order valence-corrected chi connectivity index (χ2v) is 4.67. The molecule has 84 valence electrons. The van der Waals surface area contributed by atoms with Crippen molar-refractivity contribution in [3.63, 3.8) is 0 Å². The quantitative estimate of drug-likeness (QED) is 0.731. The lowest BCUT2D eigenvalue weighted by atomic mass is 10.1. The Morgan fingerprint density at radius 3 is 2.62 bits per heavy atom. The Morgan fingerprint density at radius 1 is 1.31 bits per heavy atom. The van der Waals surface area contributed by atoms with Gasteiger partial charge in [-0.1, -0.05) is 43.5 Å². The van der Waals surface area contributed by atoms with Crippen molar-refractivity contribution in [1.29, 1.82) is 0 Å². The van der Waals surface area contributed by atoms with E-state index in [0.717, 1.165) is 11.5 Å². The molecule has 0 amide bonds. The number of thiol groups is 1. The monoisotopic (exact) mass is 232 g/mol. The van der Waals surface area contributed by atoms with Crippen molar-refractivity contribution >= 4 is 24.3 Å². The summed E-state index contributed by atoms with van der Waals surface area (Å²) in [4.78, 5) is 4.66. The summed E-state index contributed by atoms with van der Waals surface area (Å²) in [5, 5.41) is 0. The molecule has 1 heterocycles. The largest absolute Gasteiger partial charge is 0.282 e. The lowest BCUT2D eigenvalue weighted by Gasteiger charge is -2.12. The summed E-state index contributed by atoms with van der Waals surface area (Å²) >= 11 is 4.35. The van der Waals surface area contributed by atoms with Crippen LogP contribution in [0.4, 0.5) is 5.69 Å². The van der Waals surface area contributed by atoms with Crippen LogP contribution in [0.1, 0.15) is 18.1 Å². The maximum atomic E-state index is 4.66. The third-order valence-electron chi connectivity index (χ3n) is 2.75. The van der Waals surface area contributed by atoms with Crippen LogP contribution in [0.15, 0.2) is 35.5 Å². The van der Waals surface area contributed by atoms with Crippen molar-refractivity contribution in [3.8, 4) is 0 Å². The number of benzene rings is 1. The van der Waals surface area contributed by atoms with Crippen molar-refractivity contribution in [3.05, 3.63) is 41.6 Å². The fourth-order valence-electron chi connectivity index (χ4n) is 1.79. The first-order chi connectivity index (χ1) is 7.58. The molecule has 1 unspecified atom stereocenters. The van der Waals surface area contributed by atoms with Crippen molar-refractivity contribution in [2.24, 2.45) is 10.9 Å². The molecule has 3 heteroatoms. The van der Waals surface area contributed by atoms with Crippen LogP contribution in [-0.4, -0.2) is 10.1 Å². The smallest absolute Gasteiger partial charge is 0.125 e. The first-order valence-corrected chi connectivity index (χ1v) is 5.80. The number of hydrogen-bond donors (Lipinski definition) is 1. The summed E-state index contributed by atoms with van der Waals surface area (Å²) in [6.45, 7) is 6.30. The molecular weight excluding hydrogens is 216 g/mol. The third kappa shape index (κ3) is 2.14. The van der Waals surface area contributed by atoms with Gasteiger partial charge in [0.15, 0.2) is 0 Å². The predicted octanol–water partition coefficient (Wildman–Crippen LogP) is 3.64. The maximum absolute atomic E-state index is 4.66. The minimum absolute atomic E-state index is 0.332. The Morgan fingerprint density at radius 2 is 2.06 bits per heavy atom. The molecule has 16 heavy (non-hydrogen) atoms. The molecule has 1 aromatic rings. The van der Waals surface area contributed by atoms with E-state index in [-0.39, 0.29) is 0 Å². The number of aryl methyl sites for hydroxylation is 2. The zero-order valence-electron chi connectivity index (χ0n) is 9.81. The molecule has 0 spiro atoms. The highest BCUT2D eigenvalue weighted by molar-refractivity contribution is 7.78. The van der Waals surface area contributed by atoms with Gasteiger partial charge in [0.2, 0.25) is 0 Å². The summed E-state index contributed by atoms with van der Waals surface area (Å²) < 4.78 is 1.78. The van der Waals surface area contributed by atoms with Crippen LogP contribution in [0.3, 0.4) is 0 Å². The van der Waals surface area contributed by atoms with Gasteiger partial charge < -0.3 is 0 Å². The topological polar surface area (TPSA) is 15.6 Å². The van der Waals surface area contributed by atoms with Gasteiger partial charge in [0, 0.05) is 12.1 Å². The molecule has 0 bridgehead atoms. The minimum Gasteiger partial charge on any atom is -0.282 e. The van der Waals surface area contributed by atoms with E-state index in [1.807, 2.05) is 6.20 Å². The fraction of sp³-hybridized carbons (Fsp3) is 0.308. The molecule has 0 saturated heterocycles. The zero-order chi connectivity index (χ0) is 11.7. The highest BCUT2D eigenvalue weighted by Crippen LogP contribution is 2.25. The summed E-state index contributed by atoms with van der Waals surface area (Å²) in [5.74, 6) is 1.31. The summed E-state index contributed by atoms with van der Waals surface area (Å²) in [6.07, 6.45) is 4.03. The Hall–Kier alpha value is -1.22. The zero-order valence-corrected chi connectivity index (χ0v) is 10.7. The van der Waals surface area contributed by atoms with Crippen LogP contribution in [0, 0.1) is 19.8 Å². The lowest BCUT2D eigenvalue weighted by molar-refractivity contribution is 0.894. The van der Waals surface area contributed by atoms with Crippen molar-refractivity contribution in [1.82, 2.24) is 4.31 Å². The second kappa shape index (κ2) is 4.34. The van der Waals surface area contributed by atoms with Gasteiger partial charge in [0.25, 0.3) is 0 Å². The average molecular weight is 232 g/mol. The van der Waals surface area contributed by atoms with E-state index in [1.54, 1.807) is 4.31 Å². The summed E-state index contributed by atoms with van der Waals surface area (Å²) in [7, 11) is 0. The Bertz CT molecular complexity index is 449. The Kier molecular flexibility index (Phi) is 3.06. The lowest BCUT2D eigenvalue weighted by Crippen LogP contribution is -2.15. The van der Waals surface area contributed by atoms with Gasteiger partial charge in [-0.15, -0.1) is 0 Å². The highest BCUT2D eigenvalue weighted by Gasteiger charge is 2.18. The molecule has 0 saturated carbocycles. The van der Waals surface area contributed by atoms with E-state index >= 15 is 0 Å². The molecule has 0 N–H and O–H groups in total. The average Bonchev–Trinajstić information content (AvgIpc) is 2.53. The summed E-state index contributed by atoms with van der Waals surface area (Å²) in [6, 6.07) is 6.29. The number of nitrogens with zero attached hydrogens (tertiary/aromatic N) is 2. The molecule has 1 atom stereocenters. The van der Waals surface area contributed by atoms with Crippen molar-refractivity contribution in [2.75, 3.05) is 0 Å². The van der Waals surface area contributed by atoms with E-state index in [1.165, 1.54) is 11.1 Å². The van der Waals surface area contributed by atoms with Crippen LogP contribution >= 0.6 is 12.8 Å². The van der Waals surface area contributed by atoms with Crippen molar-refractivity contribution < 1.29 is 0 Å². The third-order valence-corrected chi connectivity index (χ3v) is 3.08. The Balaban J connectivity index is 2.36. The van der Waals surface area contributed by atoms with E-state index in [2.05, 4.69) is 62.9 Å². The van der Waals surface area contributed by atoms with Crippen LogP contribution in [-0.2, 0) is 0 Å². The predicted molar refractivity (Wildman–Crippen MR) is 72.1 cm³/mol. The van der Waals surface area contributed by atoms with Crippen LogP contribution in [0.25, 0.3) is 0 Å². The number of hydrogen-bond acceptors (Lipinski definition) is 2. The maximum Gasteiger partial charge on any atom is 0.125 e. The van der Waals surface area contributed by atoms with Gasteiger partial charge in [-0.3, -0.25) is 4.31 Å². The second-order valence-electron chi connectivity index (χ2n) is 4.23. The molecule has 2 rings (SSSR count). The van der Waals surface area contributed by atoms with Crippen molar-refractivity contribution in [2.45, 2.75) is 20.8 Å². The van der Waals surface area contributed by atoms with Gasteiger partial charge in [-0.05, 0) is 25.5 Å². The number of aliphatic imine (C=N–C) groups is 1. The number of amidine groups is 1. The minimum atomic E-state index is 0.332. The molecule has 2 nitrogen and oxygen atoms in total. The molecule has 0 fully saturated rings. The van der Waals surface area contributed by atoms with Gasteiger partial charge in [-0.2, -0.15) is 0 Å². The van der Waals surface area contributed by atoms with Crippen LogP contribution in [0.2, 0.25) is 0 Å². The molecular formula is C13H16N2S. The van der Waals surface area contributed by atoms with Gasteiger partial charge in [0.05, 0.1) is 5.69 Å². The molecule has 0 radical (unpaired) electrons. The highest BCUT2D eigenvalue weighted by atomic mass is 32.1. The van der Waals surface area contributed by atoms with E-state index in [0.29, 0.717) is 5.92 Å². The molecule has 1 aliphatic heterocycles. The van der Waals surface area contributed by atoms with E-state index < -0.39 is 0 Å². The van der Waals surface area contributed by atoms with Crippen LogP contribution < -0.4 is 0 Å². The molecule has 0 aliphatic carbocycles. The van der Waals surface area contributed by atoms with Gasteiger partial charge >= 0.3 is 0 Å². The Labute approximate surface area is 102 Å². The molecule has 1 aliphatic rings. The fourth-order valence-corrected chi connectivity index (χ4v) is 2.09. The molecule has 0 aromatic heterocycles. The first kappa shape index (κ1) is 11.3. The standard InChI is InChI=1S/C13H16N2S/c1-9-4-5-12(11(3)8-9)14-13-10(2)6-7-15(13)16/h4-8,10,16H,1-3H3. The van der Waals surface area contributed by atoms with E-state index in [9.17, 15) is 0 Å². The van der Waals surface area contributed by atoms with Gasteiger partial charge in [0.1, 0.15) is 5.84 Å². The normalized spacial score (nSPS) is 22.1. The summed E-state index contributed by atoms with van der Waals surface area (Å²) in [5.41, 5.74) is 3.49. The molecule has 1 aromatic carbocycles. The van der Waals surface area contributed by atoms with E-state index in [4.69, 9.17) is 0 Å². The number of rotatable bonds is 1.